The lowest BCUT2D eigenvalue weighted by Crippen LogP contribution is -2.47. The zero-order chi connectivity index (χ0) is 6.55. The van der Waals surface area contributed by atoms with Gasteiger partial charge in [0.15, 0.2) is 0 Å². The molecule has 4 bridgehead atoms. The predicted octanol–water partition coefficient (Wildman–Crippen LogP) is 1.09. The fourth-order valence-corrected chi connectivity index (χ4v) is 2.67. The van der Waals surface area contributed by atoms with Crippen molar-refractivity contribution in [2.45, 2.75) is 50.0 Å². The van der Waals surface area contributed by atoms with E-state index in [1.807, 2.05) is 0 Å². The fourth-order valence-electron chi connectivity index (χ4n) is 2.67. The summed E-state index contributed by atoms with van der Waals surface area (Å²) in [5.41, 5.74) is 0. The molecular formula is C8H14ClNO. The molecule has 3 fully saturated rings. The first-order valence-electron chi connectivity index (χ1n) is 4.35. The van der Waals surface area contributed by atoms with Crippen molar-refractivity contribution in [2.24, 2.45) is 0 Å². The minimum Gasteiger partial charge on any atom is -0.372 e. The van der Waals surface area contributed by atoms with Crippen molar-refractivity contribution in [3.05, 3.63) is 0 Å². The number of halogens is 1. The molecule has 0 amide bonds. The van der Waals surface area contributed by atoms with Crippen LogP contribution in [0.2, 0.25) is 0 Å². The topological polar surface area (TPSA) is 21.3 Å². The number of hydrogen-bond donors (Lipinski definition) is 1. The Morgan fingerprint density at radius 1 is 0.909 bits per heavy atom. The van der Waals surface area contributed by atoms with E-state index in [9.17, 15) is 0 Å². The third-order valence-electron chi connectivity index (χ3n) is 3.20. The van der Waals surface area contributed by atoms with Crippen molar-refractivity contribution in [3.8, 4) is 0 Å². The molecule has 2 nitrogen and oxygen atoms in total. The number of rotatable bonds is 0. The molecule has 1 N–H and O–H groups in total. The quantitative estimate of drug-likeness (QED) is 0.595. The minimum absolute atomic E-state index is 0. The van der Waals surface area contributed by atoms with Gasteiger partial charge in [-0.1, -0.05) is 0 Å². The number of ether oxygens (including phenoxy) is 1. The highest BCUT2D eigenvalue weighted by Gasteiger charge is 2.45. The number of fused-ring (bicyclic) bond motifs is 6. The van der Waals surface area contributed by atoms with Gasteiger partial charge in [0.2, 0.25) is 0 Å². The minimum atomic E-state index is 0. The third kappa shape index (κ3) is 1.00. The highest BCUT2D eigenvalue weighted by Crippen LogP contribution is 2.37. The Bertz CT molecular complexity index is 130. The van der Waals surface area contributed by atoms with E-state index < -0.39 is 0 Å². The predicted molar refractivity (Wildman–Crippen MR) is 45.1 cm³/mol. The van der Waals surface area contributed by atoms with Gasteiger partial charge in [-0.15, -0.1) is 12.4 Å². The molecule has 3 aliphatic rings. The molecule has 0 aromatic rings. The second-order valence-electron chi connectivity index (χ2n) is 3.75. The van der Waals surface area contributed by atoms with E-state index in [1.165, 1.54) is 25.7 Å². The lowest BCUT2D eigenvalue weighted by molar-refractivity contribution is -0.0148. The van der Waals surface area contributed by atoms with E-state index in [4.69, 9.17) is 4.74 Å². The SMILES string of the molecule is C1CC2NC1C1CCC2O1.Cl. The Labute approximate surface area is 73.1 Å². The summed E-state index contributed by atoms with van der Waals surface area (Å²) in [7, 11) is 0. The van der Waals surface area contributed by atoms with Crippen LogP contribution in [0.3, 0.4) is 0 Å². The maximum Gasteiger partial charge on any atom is 0.0733 e. The van der Waals surface area contributed by atoms with Gasteiger partial charge < -0.3 is 10.1 Å². The monoisotopic (exact) mass is 175 g/mol. The lowest BCUT2D eigenvalue weighted by atomic mass is 10.0. The molecule has 3 rings (SSSR count). The van der Waals surface area contributed by atoms with Crippen LogP contribution in [-0.4, -0.2) is 24.3 Å². The normalized spacial score (nSPS) is 52.4. The van der Waals surface area contributed by atoms with Crippen molar-refractivity contribution >= 4 is 12.4 Å². The summed E-state index contributed by atoms with van der Waals surface area (Å²) in [5.74, 6) is 0. The summed E-state index contributed by atoms with van der Waals surface area (Å²) >= 11 is 0. The molecule has 0 radical (unpaired) electrons. The van der Waals surface area contributed by atoms with Crippen molar-refractivity contribution in [1.82, 2.24) is 5.32 Å². The molecule has 0 aliphatic carbocycles. The average molecular weight is 176 g/mol. The van der Waals surface area contributed by atoms with E-state index in [1.54, 1.807) is 0 Å². The molecule has 11 heavy (non-hydrogen) atoms. The van der Waals surface area contributed by atoms with E-state index >= 15 is 0 Å². The van der Waals surface area contributed by atoms with Gasteiger partial charge in [-0.05, 0) is 25.7 Å². The first-order valence-corrected chi connectivity index (χ1v) is 4.35. The number of hydrogen-bond acceptors (Lipinski definition) is 2. The van der Waals surface area contributed by atoms with Crippen LogP contribution in [0.15, 0.2) is 0 Å². The molecule has 0 aromatic heterocycles. The Hall–Kier alpha value is 0.210. The number of nitrogens with one attached hydrogen (secondary N) is 1. The Kier molecular flexibility index (Phi) is 1.86. The molecule has 0 spiro atoms. The maximum absolute atomic E-state index is 5.82. The van der Waals surface area contributed by atoms with Gasteiger partial charge in [0.25, 0.3) is 0 Å². The van der Waals surface area contributed by atoms with Gasteiger partial charge in [-0.25, -0.2) is 0 Å². The van der Waals surface area contributed by atoms with Crippen LogP contribution in [0.1, 0.15) is 25.7 Å². The fraction of sp³-hybridized carbons (Fsp3) is 1.00. The maximum atomic E-state index is 5.82. The van der Waals surface area contributed by atoms with Gasteiger partial charge in [-0.2, -0.15) is 0 Å². The van der Waals surface area contributed by atoms with Gasteiger partial charge in [0.1, 0.15) is 0 Å². The second kappa shape index (κ2) is 2.61. The van der Waals surface area contributed by atoms with Crippen LogP contribution in [0.5, 0.6) is 0 Å². The zero-order valence-corrected chi connectivity index (χ0v) is 7.27. The van der Waals surface area contributed by atoms with Gasteiger partial charge >= 0.3 is 0 Å². The molecule has 0 saturated carbocycles. The number of morpholine rings is 1. The molecule has 3 aliphatic heterocycles. The summed E-state index contributed by atoms with van der Waals surface area (Å²) in [5, 5.41) is 3.63. The first kappa shape index (κ1) is 7.84. The van der Waals surface area contributed by atoms with Crippen molar-refractivity contribution in [3.63, 3.8) is 0 Å². The standard InChI is InChI=1S/C8H13NO.ClH/c1-2-6-8-4-3-7(10-8)5(1)9-6;/h5-9H,1-4H2;1H. The van der Waals surface area contributed by atoms with E-state index in [0.717, 1.165) is 0 Å². The second-order valence-corrected chi connectivity index (χ2v) is 3.75. The molecule has 64 valence electrons. The van der Waals surface area contributed by atoms with Gasteiger partial charge in [-0.3, -0.25) is 0 Å². The van der Waals surface area contributed by atoms with Crippen LogP contribution < -0.4 is 5.32 Å². The van der Waals surface area contributed by atoms with Crippen molar-refractivity contribution < 1.29 is 4.74 Å². The van der Waals surface area contributed by atoms with E-state index in [2.05, 4.69) is 5.32 Å². The summed E-state index contributed by atoms with van der Waals surface area (Å²) < 4.78 is 5.82. The van der Waals surface area contributed by atoms with E-state index in [0.29, 0.717) is 24.3 Å². The molecule has 3 heterocycles. The third-order valence-corrected chi connectivity index (χ3v) is 3.20. The largest absolute Gasteiger partial charge is 0.372 e. The summed E-state index contributed by atoms with van der Waals surface area (Å²) in [6, 6.07) is 1.42. The van der Waals surface area contributed by atoms with Crippen LogP contribution >= 0.6 is 12.4 Å². The van der Waals surface area contributed by atoms with Crippen molar-refractivity contribution in [2.75, 3.05) is 0 Å². The van der Waals surface area contributed by atoms with Crippen LogP contribution in [0.4, 0.5) is 0 Å². The van der Waals surface area contributed by atoms with E-state index in [-0.39, 0.29) is 12.4 Å². The highest BCUT2D eigenvalue weighted by atomic mass is 35.5. The highest BCUT2D eigenvalue weighted by molar-refractivity contribution is 5.85. The molecule has 4 unspecified atom stereocenters. The van der Waals surface area contributed by atoms with Crippen LogP contribution in [0, 0.1) is 0 Å². The average Bonchev–Trinajstić information content (AvgIpc) is 2.41. The Morgan fingerprint density at radius 3 is 2.00 bits per heavy atom. The Morgan fingerprint density at radius 2 is 1.45 bits per heavy atom. The van der Waals surface area contributed by atoms with Gasteiger partial charge in [0, 0.05) is 12.1 Å². The molecule has 4 atom stereocenters. The van der Waals surface area contributed by atoms with Crippen LogP contribution in [0.25, 0.3) is 0 Å². The van der Waals surface area contributed by atoms with Gasteiger partial charge in [0.05, 0.1) is 12.2 Å². The zero-order valence-electron chi connectivity index (χ0n) is 6.45. The molecule has 3 saturated heterocycles. The summed E-state index contributed by atoms with van der Waals surface area (Å²) in [6.45, 7) is 0. The van der Waals surface area contributed by atoms with Crippen molar-refractivity contribution in [1.29, 1.82) is 0 Å². The molecular weight excluding hydrogens is 162 g/mol. The lowest BCUT2D eigenvalue weighted by Gasteiger charge is -2.28. The summed E-state index contributed by atoms with van der Waals surface area (Å²) in [6.07, 6.45) is 6.46. The first-order chi connectivity index (χ1) is 4.93. The molecule has 3 heteroatoms. The van der Waals surface area contributed by atoms with Crippen LogP contribution in [-0.2, 0) is 4.74 Å². The Balaban J connectivity index is 0.000000480. The smallest absolute Gasteiger partial charge is 0.0733 e. The summed E-state index contributed by atoms with van der Waals surface area (Å²) in [4.78, 5) is 0. The molecule has 0 aromatic carbocycles.